The van der Waals surface area contributed by atoms with Gasteiger partial charge in [0.25, 0.3) is 0 Å². The highest BCUT2D eigenvalue weighted by Gasteiger charge is 2.26. The van der Waals surface area contributed by atoms with Crippen LogP contribution in [0.15, 0.2) is 24.3 Å². The van der Waals surface area contributed by atoms with E-state index in [0.29, 0.717) is 6.04 Å². The smallest absolute Gasteiger partial charge is 0.0721 e. The Morgan fingerprint density at radius 1 is 1.22 bits per heavy atom. The van der Waals surface area contributed by atoms with Gasteiger partial charge in [0.15, 0.2) is 0 Å². The zero-order valence-corrected chi connectivity index (χ0v) is 10.6. The fraction of sp³-hybridized carbons (Fsp3) is 0.600. The lowest BCUT2D eigenvalue weighted by Gasteiger charge is -2.33. The van der Waals surface area contributed by atoms with E-state index < -0.39 is 0 Å². The van der Waals surface area contributed by atoms with E-state index in [-0.39, 0.29) is 12.1 Å². The molecule has 3 unspecified atom stereocenters. The van der Waals surface area contributed by atoms with Crippen LogP contribution >= 0.6 is 0 Å². The molecule has 1 aliphatic heterocycles. The van der Waals surface area contributed by atoms with Crippen LogP contribution in [0, 0.1) is 0 Å². The van der Waals surface area contributed by atoms with E-state index in [2.05, 4.69) is 29.6 Å². The average molecular weight is 247 g/mol. The van der Waals surface area contributed by atoms with Crippen molar-refractivity contribution in [2.75, 3.05) is 6.61 Å². The maximum Gasteiger partial charge on any atom is 0.0721 e. The van der Waals surface area contributed by atoms with Crippen LogP contribution in [0.25, 0.3) is 0 Å². The first kappa shape index (κ1) is 12.2. The van der Waals surface area contributed by atoms with Gasteiger partial charge in [-0.15, -0.1) is 0 Å². The van der Waals surface area contributed by atoms with Crippen molar-refractivity contribution in [2.24, 2.45) is 0 Å². The molecule has 0 bridgehead atoms. The molecule has 1 heterocycles. The largest absolute Gasteiger partial charge is 0.393 e. The second-order valence-corrected chi connectivity index (χ2v) is 5.45. The monoisotopic (exact) mass is 247 g/mol. The zero-order chi connectivity index (χ0) is 12.4. The van der Waals surface area contributed by atoms with Gasteiger partial charge in [-0.25, -0.2) is 0 Å². The SMILES string of the molecule is OC1CCCC(NC2COCc3ccccc32)C1. The minimum Gasteiger partial charge on any atom is -0.393 e. The molecule has 2 N–H and O–H groups in total. The Kier molecular flexibility index (Phi) is 3.64. The molecule has 1 aromatic carbocycles. The molecule has 3 atom stereocenters. The number of fused-ring (bicyclic) bond motifs is 1. The quantitative estimate of drug-likeness (QED) is 0.841. The zero-order valence-electron chi connectivity index (χ0n) is 10.6. The molecule has 0 radical (unpaired) electrons. The fourth-order valence-corrected chi connectivity index (χ4v) is 3.12. The van der Waals surface area contributed by atoms with Gasteiger partial charge in [-0.1, -0.05) is 24.3 Å². The summed E-state index contributed by atoms with van der Waals surface area (Å²) < 4.78 is 5.65. The molecular weight excluding hydrogens is 226 g/mol. The minimum absolute atomic E-state index is 0.129. The Hall–Kier alpha value is -0.900. The third-order valence-corrected chi connectivity index (χ3v) is 4.06. The van der Waals surface area contributed by atoms with Crippen molar-refractivity contribution in [2.45, 2.75) is 50.5 Å². The predicted octanol–water partition coefficient (Wildman–Crippen LogP) is 2.15. The molecule has 1 saturated carbocycles. The molecule has 3 heteroatoms. The lowest BCUT2D eigenvalue weighted by atomic mass is 9.91. The highest BCUT2D eigenvalue weighted by atomic mass is 16.5. The highest BCUT2D eigenvalue weighted by Crippen LogP contribution is 2.27. The summed E-state index contributed by atoms with van der Waals surface area (Å²) in [4.78, 5) is 0. The fourth-order valence-electron chi connectivity index (χ4n) is 3.12. The lowest BCUT2D eigenvalue weighted by Crippen LogP contribution is -2.41. The van der Waals surface area contributed by atoms with Crippen LogP contribution in [0.5, 0.6) is 0 Å². The summed E-state index contributed by atoms with van der Waals surface area (Å²) in [6, 6.07) is 9.19. The van der Waals surface area contributed by atoms with Gasteiger partial charge in [-0.05, 0) is 36.8 Å². The predicted molar refractivity (Wildman–Crippen MR) is 70.2 cm³/mol. The van der Waals surface area contributed by atoms with E-state index >= 15 is 0 Å². The number of hydrogen-bond acceptors (Lipinski definition) is 3. The Balaban J connectivity index is 1.70. The Bertz CT molecular complexity index is 407. The first-order valence-electron chi connectivity index (χ1n) is 6.92. The van der Waals surface area contributed by atoms with Gasteiger partial charge in [0.05, 0.1) is 25.4 Å². The Morgan fingerprint density at radius 3 is 3.00 bits per heavy atom. The number of benzene rings is 1. The van der Waals surface area contributed by atoms with Crippen LogP contribution in [0.3, 0.4) is 0 Å². The second-order valence-electron chi connectivity index (χ2n) is 5.45. The summed E-state index contributed by atoms with van der Waals surface area (Å²) in [5, 5.41) is 13.4. The van der Waals surface area contributed by atoms with E-state index in [1.54, 1.807) is 0 Å². The highest BCUT2D eigenvalue weighted by molar-refractivity contribution is 5.31. The molecule has 3 rings (SSSR count). The molecule has 2 aliphatic rings. The van der Waals surface area contributed by atoms with Gasteiger partial charge in [0, 0.05) is 6.04 Å². The molecular formula is C15H21NO2. The first-order valence-corrected chi connectivity index (χ1v) is 6.92. The number of nitrogens with one attached hydrogen (secondary N) is 1. The van der Waals surface area contributed by atoms with Crippen LogP contribution in [0.2, 0.25) is 0 Å². The molecule has 1 aliphatic carbocycles. The molecule has 1 aromatic rings. The van der Waals surface area contributed by atoms with Crippen LogP contribution < -0.4 is 5.32 Å². The van der Waals surface area contributed by atoms with Crippen LogP contribution in [-0.4, -0.2) is 23.9 Å². The van der Waals surface area contributed by atoms with E-state index in [1.807, 2.05) is 0 Å². The third-order valence-electron chi connectivity index (χ3n) is 4.06. The number of ether oxygens (including phenoxy) is 1. The average Bonchev–Trinajstić information content (AvgIpc) is 2.39. The maximum absolute atomic E-state index is 9.73. The Labute approximate surface area is 108 Å². The van der Waals surface area contributed by atoms with Crippen molar-refractivity contribution in [1.82, 2.24) is 5.32 Å². The van der Waals surface area contributed by atoms with Crippen LogP contribution in [-0.2, 0) is 11.3 Å². The van der Waals surface area contributed by atoms with Gasteiger partial charge in [-0.3, -0.25) is 0 Å². The van der Waals surface area contributed by atoms with Crippen molar-refractivity contribution in [3.63, 3.8) is 0 Å². The molecule has 3 nitrogen and oxygen atoms in total. The molecule has 1 fully saturated rings. The van der Waals surface area contributed by atoms with Gasteiger partial charge in [-0.2, -0.15) is 0 Å². The van der Waals surface area contributed by atoms with Gasteiger partial charge >= 0.3 is 0 Å². The molecule has 0 spiro atoms. The number of aliphatic hydroxyl groups excluding tert-OH is 1. The molecule has 98 valence electrons. The summed E-state index contributed by atoms with van der Waals surface area (Å²) >= 11 is 0. The summed E-state index contributed by atoms with van der Waals surface area (Å²) in [5.41, 5.74) is 2.65. The summed E-state index contributed by atoms with van der Waals surface area (Å²) in [6.07, 6.45) is 3.98. The minimum atomic E-state index is -0.129. The normalized spacial score (nSPS) is 31.9. The van der Waals surface area contributed by atoms with Gasteiger partial charge in [0.2, 0.25) is 0 Å². The summed E-state index contributed by atoms with van der Waals surface area (Å²) in [6.45, 7) is 1.46. The van der Waals surface area contributed by atoms with Gasteiger partial charge < -0.3 is 15.2 Å². The maximum atomic E-state index is 9.73. The standard InChI is InChI=1S/C15H21NO2/c17-13-6-3-5-12(8-13)16-15-10-18-9-11-4-1-2-7-14(11)15/h1-2,4,7,12-13,15-17H,3,5-6,8-10H2. The van der Waals surface area contributed by atoms with E-state index in [0.717, 1.165) is 38.9 Å². The topological polar surface area (TPSA) is 41.5 Å². The van der Waals surface area contributed by atoms with Crippen molar-refractivity contribution < 1.29 is 9.84 Å². The third kappa shape index (κ3) is 2.58. The van der Waals surface area contributed by atoms with Crippen molar-refractivity contribution in [3.8, 4) is 0 Å². The summed E-state index contributed by atoms with van der Waals surface area (Å²) in [5.74, 6) is 0. The van der Waals surface area contributed by atoms with Crippen LogP contribution in [0.1, 0.15) is 42.9 Å². The Morgan fingerprint density at radius 2 is 2.11 bits per heavy atom. The molecule has 18 heavy (non-hydrogen) atoms. The molecule has 0 amide bonds. The van der Waals surface area contributed by atoms with E-state index in [4.69, 9.17) is 4.74 Å². The first-order chi connectivity index (χ1) is 8.83. The lowest BCUT2D eigenvalue weighted by molar-refractivity contribution is 0.0649. The second kappa shape index (κ2) is 5.39. The molecule has 0 saturated heterocycles. The van der Waals surface area contributed by atoms with Crippen molar-refractivity contribution >= 4 is 0 Å². The van der Waals surface area contributed by atoms with Crippen LogP contribution in [0.4, 0.5) is 0 Å². The van der Waals surface area contributed by atoms with Crippen molar-refractivity contribution in [1.29, 1.82) is 0 Å². The number of hydrogen-bond donors (Lipinski definition) is 2. The number of rotatable bonds is 2. The molecule has 0 aromatic heterocycles. The van der Waals surface area contributed by atoms with Crippen molar-refractivity contribution in [3.05, 3.63) is 35.4 Å². The van der Waals surface area contributed by atoms with E-state index in [9.17, 15) is 5.11 Å². The van der Waals surface area contributed by atoms with E-state index in [1.165, 1.54) is 11.1 Å². The van der Waals surface area contributed by atoms with Gasteiger partial charge in [0.1, 0.15) is 0 Å². The number of aliphatic hydroxyl groups is 1. The summed E-state index contributed by atoms with van der Waals surface area (Å²) in [7, 11) is 0.